The maximum absolute atomic E-state index is 11.8. The minimum Gasteiger partial charge on any atom is -0.357 e. The van der Waals surface area contributed by atoms with Crippen molar-refractivity contribution in [2.75, 3.05) is 31.9 Å². The Morgan fingerprint density at radius 1 is 1.07 bits per heavy atom. The summed E-state index contributed by atoms with van der Waals surface area (Å²) in [5.74, 6) is 1.79. The van der Waals surface area contributed by atoms with E-state index in [0.29, 0.717) is 13.1 Å². The summed E-state index contributed by atoms with van der Waals surface area (Å²) < 4.78 is 0. The van der Waals surface area contributed by atoms with Gasteiger partial charge in [0.05, 0.1) is 4.88 Å². The number of rotatable bonds is 10. The Kier molecular flexibility index (Phi) is 13.0. The number of benzene rings is 1. The van der Waals surface area contributed by atoms with Crippen LogP contribution in [0.15, 0.2) is 57.7 Å². The van der Waals surface area contributed by atoms with Crippen LogP contribution < -0.4 is 16.0 Å². The lowest BCUT2D eigenvalue weighted by Crippen LogP contribution is -2.38. The Bertz CT molecular complexity index is 666. The normalized spacial score (nSPS) is 10.8. The number of hydrogen-bond acceptors (Lipinski definition) is 4. The zero-order valence-corrected chi connectivity index (χ0v) is 19.4. The van der Waals surface area contributed by atoms with Gasteiger partial charge < -0.3 is 16.0 Å². The third kappa shape index (κ3) is 10.0. The van der Waals surface area contributed by atoms with Crippen LogP contribution in [0.4, 0.5) is 0 Å². The molecule has 2 aromatic rings. The van der Waals surface area contributed by atoms with Crippen molar-refractivity contribution in [2.24, 2.45) is 4.99 Å². The van der Waals surface area contributed by atoms with Crippen molar-refractivity contribution in [3.05, 3.63) is 52.7 Å². The molecular formula is C19H27IN4OS2. The Morgan fingerprint density at radius 3 is 2.59 bits per heavy atom. The minimum atomic E-state index is -0.00746. The fourth-order valence-corrected chi connectivity index (χ4v) is 3.59. The SMILES string of the molecule is CCNC(=NCCCNC(=O)c1cccs1)NCCSc1ccccc1.I. The highest BCUT2D eigenvalue weighted by atomic mass is 127. The first-order valence-corrected chi connectivity index (χ1v) is 10.7. The average molecular weight is 518 g/mol. The molecule has 1 aromatic heterocycles. The molecule has 1 amide bonds. The maximum Gasteiger partial charge on any atom is 0.261 e. The zero-order valence-electron chi connectivity index (χ0n) is 15.4. The van der Waals surface area contributed by atoms with Gasteiger partial charge in [0, 0.05) is 36.8 Å². The van der Waals surface area contributed by atoms with Crippen LogP contribution in [0.25, 0.3) is 0 Å². The molecule has 1 heterocycles. The molecule has 0 unspecified atom stereocenters. The Morgan fingerprint density at radius 2 is 1.89 bits per heavy atom. The average Bonchev–Trinajstić information content (AvgIpc) is 3.20. The van der Waals surface area contributed by atoms with E-state index in [1.54, 1.807) is 0 Å². The van der Waals surface area contributed by atoms with E-state index in [0.717, 1.165) is 36.1 Å². The standard InChI is InChI=1S/C19H26N4OS2.HI/c1-2-20-19(23-13-15-25-16-8-4-3-5-9-16)22-12-7-11-21-18(24)17-10-6-14-26-17;/h3-6,8-10,14H,2,7,11-13,15H2,1H3,(H,21,24)(H2,20,22,23);1H. The van der Waals surface area contributed by atoms with Gasteiger partial charge in [-0.05, 0) is 36.9 Å². The molecule has 8 heteroatoms. The van der Waals surface area contributed by atoms with E-state index in [-0.39, 0.29) is 29.9 Å². The van der Waals surface area contributed by atoms with Crippen molar-refractivity contribution in [3.63, 3.8) is 0 Å². The van der Waals surface area contributed by atoms with Gasteiger partial charge in [-0.15, -0.1) is 47.1 Å². The fourth-order valence-electron chi connectivity index (χ4n) is 2.16. The number of amides is 1. The third-order valence-electron chi connectivity index (χ3n) is 3.39. The molecule has 0 aliphatic rings. The van der Waals surface area contributed by atoms with E-state index in [1.165, 1.54) is 16.2 Å². The molecule has 5 nitrogen and oxygen atoms in total. The fraction of sp³-hybridized carbons (Fsp3) is 0.368. The number of hydrogen-bond donors (Lipinski definition) is 3. The van der Waals surface area contributed by atoms with Gasteiger partial charge in [0.25, 0.3) is 5.91 Å². The number of halogens is 1. The van der Waals surface area contributed by atoms with Crippen LogP contribution in [0.2, 0.25) is 0 Å². The van der Waals surface area contributed by atoms with Crippen LogP contribution in [0.3, 0.4) is 0 Å². The second-order valence-electron chi connectivity index (χ2n) is 5.44. The first kappa shape index (κ1) is 23.8. The van der Waals surface area contributed by atoms with Crippen molar-refractivity contribution < 1.29 is 4.79 Å². The number of thiophene rings is 1. The molecule has 1 aromatic carbocycles. The molecule has 0 aliphatic carbocycles. The van der Waals surface area contributed by atoms with Gasteiger partial charge in [0.2, 0.25) is 0 Å². The van der Waals surface area contributed by atoms with Gasteiger partial charge in [0.1, 0.15) is 0 Å². The number of thioether (sulfide) groups is 1. The van der Waals surface area contributed by atoms with Gasteiger partial charge >= 0.3 is 0 Å². The Hall–Kier alpha value is -1.26. The number of carbonyl (C=O) groups excluding carboxylic acids is 1. The lowest BCUT2D eigenvalue weighted by molar-refractivity contribution is 0.0957. The molecule has 0 fully saturated rings. The molecule has 0 radical (unpaired) electrons. The summed E-state index contributed by atoms with van der Waals surface area (Å²) in [7, 11) is 0. The summed E-state index contributed by atoms with van der Waals surface area (Å²) >= 11 is 3.28. The van der Waals surface area contributed by atoms with Crippen LogP contribution in [-0.2, 0) is 0 Å². The largest absolute Gasteiger partial charge is 0.357 e. The molecule has 0 saturated heterocycles. The first-order chi connectivity index (χ1) is 12.8. The van der Waals surface area contributed by atoms with Crippen LogP contribution in [-0.4, -0.2) is 43.8 Å². The summed E-state index contributed by atoms with van der Waals surface area (Å²) in [6, 6.07) is 14.1. The maximum atomic E-state index is 11.8. The van der Waals surface area contributed by atoms with E-state index in [4.69, 9.17) is 0 Å². The summed E-state index contributed by atoms with van der Waals surface area (Å²) in [5, 5.41) is 11.4. The van der Waals surface area contributed by atoms with Crippen molar-refractivity contribution >= 4 is 58.9 Å². The molecule has 0 aliphatic heterocycles. The monoisotopic (exact) mass is 518 g/mol. The second kappa shape index (κ2) is 14.8. The predicted octanol–water partition coefficient (Wildman–Crippen LogP) is 3.83. The quantitative estimate of drug-likeness (QED) is 0.147. The second-order valence-corrected chi connectivity index (χ2v) is 7.55. The summed E-state index contributed by atoms with van der Waals surface area (Å²) in [6.45, 7) is 5.03. The van der Waals surface area contributed by atoms with Gasteiger partial charge in [-0.25, -0.2) is 0 Å². The third-order valence-corrected chi connectivity index (χ3v) is 5.27. The van der Waals surface area contributed by atoms with Crippen molar-refractivity contribution in [1.82, 2.24) is 16.0 Å². The molecule has 0 spiro atoms. The number of nitrogens with one attached hydrogen (secondary N) is 3. The van der Waals surface area contributed by atoms with Crippen LogP contribution in [0.1, 0.15) is 23.0 Å². The predicted molar refractivity (Wildman–Crippen MR) is 128 cm³/mol. The zero-order chi connectivity index (χ0) is 18.5. The van der Waals surface area contributed by atoms with Crippen molar-refractivity contribution in [1.29, 1.82) is 0 Å². The van der Waals surface area contributed by atoms with Crippen LogP contribution in [0.5, 0.6) is 0 Å². The topological polar surface area (TPSA) is 65.5 Å². The first-order valence-electron chi connectivity index (χ1n) is 8.81. The highest BCUT2D eigenvalue weighted by Gasteiger charge is 2.04. The number of carbonyl (C=O) groups is 1. The molecule has 27 heavy (non-hydrogen) atoms. The molecule has 3 N–H and O–H groups in total. The van der Waals surface area contributed by atoms with Gasteiger partial charge in [-0.1, -0.05) is 24.3 Å². The van der Waals surface area contributed by atoms with Gasteiger partial charge in [-0.2, -0.15) is 0 Å². The van der Waals surface area contributed by atoms with Crippen LogP contribution >= 0.6 is 47.1 Å². The number of guanidine groups is 1. The van der Waals surface area contributed by atoms with E-state index in [9.17, 15) is 4.79 Å². The van der Waals surface area contributed by atoms with Crippen molar-refractivity contribution in [2.45, 2.75) is 18.2 Å². The lowest BCUT2D eigenvalue weighted by atomic mass is 10.4. The molecule has 2 rings (SSSR count). The minimum absolute atomic E-state index is 0. The summed E-state index contributed by atoms with van der Waals surface area (Å²) in [4.78, 5) is 18.4. The molecule has 0 atom stereocenters. The van der Waals surface area contributed by atoms with Gasteiger partial charge in [-0.3, -0.25) is 9.79 Å². The number of nitrogens with zero attached hydrogens (tertiary/aromatic N) is 1. The molecule has 0 bridgehead atoms. The van der Waals surface area contributed by atoms with E-state index >= 15 is 0 Å². The van der Waals surface area contributed by atoms with E-state index in [2.05, 4.69) is 52.1 Å². The highest BCUT2D eigenvalue weighted by molar-refractivity contribution is 14.0. The molecule has 148 valence electrons. The smallest absolute Gasteiger partial charge is 0.261 e. The molecular weight excluding hydrogens is 491 g/mol. The highest BCUT2D eigenvalue weighted by Crippen LogP contribution is 2.15. The molecule has 0 saturated carbocycles. The summed E-state index contributed by atoms with van der Waals surface area (Å²) in [6.07, 6.45) is 0.812. The number of aliphatic imine (C=N–C) groups is 1. The Balaban J connectivity index is 0.00000364. The van der Waals surface area contributed by atoms with E-state index < -0.39 is 0 Å². The summed E-state index contributed by atoms with van der Waals surface area (Å²) in [5.41, 5.74) is 0. The Labute approximate surface area is 186 Å². The van der Waals surface area contributed by atoms with Gasteiger partial charge in [0.15, 0.2) is 5.96 Å². The lowest BCUT2D eigenvalue weighted by Gasteiger charge is -2.11. The van der Waals surface area contributed by atoms with Crippen molar-refractivity contribution in [3.8, 4) is 0 Å². The van der Waals surface area contributed by atoms with Crippen LogP contribution in [0, 0.1) is 0 Å². The van der Waals surface area contributed by atoms with E-state index in [1.807, 2.05) is 35.3 Å².